The Balaban J connectivity index is 2.63. The zero-order valence-corrected chi connectivity index (χ0v) is 4.31. The van der Waals surface area contributed by atoms with Crippen LogP contribution in [0, 0.1) is 6.54 Å². The normalized spacial score (nSPS) is 10.0. The highest BCUT2D eigenvalue weighted by molar-refractivity contribution is 4.58. The van der Waals surface area contributed by atoms with Crippen molar-refractivity contribution in [1.82, 2.24) is 4.90 Å². The van der Waals surface area contributed by atoms with E-state index in [9.17, 15) is 0 Å². The summed E-state index contributed by atoms with van der Waals surface area (Å²) in [5.74, 6) is 0. The number of hydrogen-bond donors (Lipinski definition) is 1. The highest BCUT2D eigenvalue weighted by Crippen LogP contribution is 1.72. The van der Waals surface area contributed by atoms with Gasteiger partial charge in [0.2, 0.25) is 0 Å². The van der Waals surface area contributed by atoms with E-state index in [4.69, 9.17) is 5.73 Å². The minimum Gasteiger partial charge on any atom is -0.329 e. The molecule has 0 amide bonds. The molecule has 1 radical (unpaired) electrons. The molecule has 0 aliphatic carbocycles. The second kappa shape index (κ2) is 3.12. The predicted octanol–water partition coefficient (Wildman–Crippen LogP) is -0.332. The number of nitrogens with two attached hydrogens (primary N) is 1. The van der Waals surface area contributed by atoms with Gasteiger partial charge in [-0.3, -0.25) is 0 Å². The van der Waals surface area contributed by atoms with Gasteiger partial charge in [0.25, 0.3) is 0 Å². The smallest absolute Gasteiger partial charge is 0.0379 e. The first-order chi connectivity index (χ1) is 2.77. The topological polar surface area (TPSA) is 29.3 Å². The number of hydrogen-bond acceptors (Lipinski definition) is 2. The maximum atomic E-state index is 5.13. The third-order valence-corrected chi connectivity index (χ3v) is 0.471. The summed E-state index contributed by atoms with van der Waals surface area (Å²) >= 11 is 0. The van der Waals surface area contributed by atoms with Crippen LogP contribution in [0.1, 0.15) is 0 Å². The third-order valence-electron chi connectivity index (χ3n) is 0.471. The summed E-state index contributed by atoms with van der Waals surface area (Å²) in [6, 6.07) is 0. The molecule has 0 aliphatic rings. The molecule has 2 heteroatoms. The van der Waals surface area contributed by atoms with E-state index in [1.54, 1.807) is 0 Å². The quantitative estimate of drug-likeness (QED) is 0.499. The van der Waals surface area contributed by atoms with E-state index in [0.29, 0.717) is 6.54 Å². The van der Waals surface area contributed by atoms with Crippen molar-refractivity contribution in [2.24, 2.45) is 5.73 Å². The van der Waals surface area contributed by atoms with Gasteiger partial charge in [0.1, 0.15) is 0 Å². The lowest BCUT2D eigenvalue weighted by atomic mass is 10.6. The van der Waals surface area contributed by atoms with Crippen molar-refractivity contribution >= 4 is 0 Å². The molecule has 0 aliphatic heterocycles. The van der Waals surface area contributed by atoms with Crippen LogP contribution in [0.15, 0.2) is 0 Å². The Hall–Kier alpha value is -0.0800. The molecule has 0 saturated heterocycles. The van der Waals surface area contributed by atoms with E-state index < -0.39 is 0 Å². The van der Waals surface area contributed by atoms with Crippen molar-refractivity contribution in [1.29, 1.82) is 0 Å². The van der Waals surface area contributed by atoms with Gasteiger partial charge in [0, 0.05) is 13.1 Å². The summed E-state index contributed by atoms with van der Waals surface area (Å²) in [5, 5.41) is 0. The molecule has 0 spiro atoms. The van der Waals surface area contributed by atoms with Crippen LogP contribution in [0.4, 0.5) is 0 Å². The first kappa shape index (κ1) is 5.92. The molecular weight excluding hydrogens is 76.1 g/mol. The van der Waals surface area contributed by atoms with E-state index in [0.717, 1.165) is 0 Å². The molecule has 0 saturated carbocycles. The van der Waals surface area contributed by atoms with E-state index in [1.807, 2.05) is 25.5 Å². The predicted molar refractivity (Wildman–Crippen MR) is 27.0 cm³/mol. The molecule has 0 rings (SSSR count). The SMILES string of the molecule is CN(C)[CH]CN. The minimum absolute atomic E-state index is 0.632. The maximum Gasteiger partial charge on any atom is 0.0379 e. The third kappa shape index (κ3) is 3.92. The summed E-state index contributed by atoms with van der Waals surface area (Å²) in [4.78, 5) is 1.93. The largest absolute Gasteiger partial charge is 0.329 e. The van der Waals surface area contributed by atoms with Crippen molar-refractivity contribution in [2.45, 2.75) is 0 Å². The molecule has 0 aromatic heterocycles. The van der Waals surface area contributed by atoms with Gasteiger partial charge >= 0.3 is 0 Å². The summed E-state index contributed by atoms with van der Waals surface area (Å²) in [7, 11) is 3.90. The van der Waals surface area contributed by atoms with Crippen molar-refractivity contribution < 1.29 is 0 Å². The minimum atomic E-state index is 0.632. The lowest BCUT2D eigenvalue weighted by Crippen LogP contribution is -2.14. The lowest BCUT2D eigenvalue weighted by Gasteiger charge is -2.02. The molecule has 0 aromatic carbocycles. The van der Waals surface area contributed by atoms with E-state index in [1.165, 1.54) is 0 Å². The zero-order valence-electron chi connectivity index (χ0n) is 4.31. The van der Waals surface area contributed by atoms with Gasteiger partial charge in [0.15, 0.2) is 0 Å². The fraction of sp³-hybridized carbons (Fsp3) is 0.750. The molecule has 0 unspecified atom stereocenters. The standard InChI is InChI=1S/C4H11N2/c1-6(2)4-3-5/h4H,3,5H2,1-2H3. The van der Waals surface area contributed by atoms with E-state index in [-0.39, 0.29) is 0 Å². The number of rotatable bonds is 2. The molecule has 2 nitrogen and oxygen atoms in total. The Morgan fingerprint density at radius 3 is 2.17 bits per heavy atom. The van der Waals surface area contributed by atoms with Gasteiger partial charge in [-0.15, -0.1) is 0 Å². The van der Waals surface area contributed by atoms with E-state index >= 15 is 0 Å². The Kier molecular flexibility index (Phi) is 3.08. The van der Waals surface area contributed by atoms with Crippen LogP contribution in [-0.4, -0.2) is 25.5 Å². The van der Waals surface area contributed by atoms with Gasteiger partial charge in [-0.25, -0.2) is 0 Å². The van der Waals surface area contributed by atoms with Gasteiger partial charge in [-0.2, -0.15) is 0 Å². The van der Waals surface area contributed by atoms with Crippen molar-refractivity contribution in [3.05, 3.63) is 6.54 Å². The fourth-order valence-electron chi connectivity index (χ4n) is 0.211. The molecule has 2 N–H and O–H groups in total. The van der Waals surface area contributed by atoms with Gasteiger partial charge in [0.05, 0.1) is 0 Å². The Bertz CT molecular complexity index is 26.7. The average molecular weight is 87.1 g/mol. The highest BCUT2D eigenvalue weighted by Gasteiger charge is 1.80. The number of nitrogens with zero attached hydrogens (tertiary/aromatic N) is 1. The first-order valence-corrected chi connectivity index (χ1v) is 1.97. The van der Waals surface area contributed by atoms with Crippen LogP contribution in [0.3, 0.4) is 0 Å². The first-order valence-electron chi connectivity index (χ1n) is 1.97. The maximum absolute atomic E-state index is 5.13. The van der Waals surface area contributed by atoms with Crippen LogP contribution in [-0.2, 0) is 0 Å². The summed E-state index contributed by atoms with van der Waals surface area (Å²) in [6.45, 7) is 2.53. The van der Waals surface area contributed by atoms with Gasteiger partial charge in [-0.05, 0) is 14.1 Å². The van der Waals surface area contributed by atoms with E-state index in [2.05, 4.69) is 0 Å². The molecule has 0 bridgehead atoms. The van der Waals surface area contributed by atoms with Crippen molar-refractivity contribution in [3.63, 3.8) is 0 Å². The molecule has 0 heterocycles. The Morgan fingerprint density at radius 1 is 1.67 bits per heavy atom. The van der Waals surface area contributed by atoms with Gasteiger partial charge < -0.3 is 10.6 Å². The molecule has 0 aromatic rings. The zero-order chi connectivity index (χ0) is 4.99. The Morgan fingerprint density at radius 2 is 2.17 bits per heavy atom. The van der Waals surface area contributed by atoms with Crippen LogP contribution in [0.5, 0.6) is 0 Å². The fourth-order valence-corrected chi connectivity index (χ4v) is 0.211. The summed E-state index contributed by atoms with van der Waals surface area (Å²) in [5.41, 5.74) is 5.13. The monoisotopic (exact) mass is 87.1 g/mol. The summed E-state index contributed by atoms with van der Waals surface area (Å²) < 4.78 is 0. The summed E-state index contributed by atoms with van der Waals surface area (Å²) in [6.07, 6.45) is 0. The van der Waals surface area contributed by atoms with Crippen LogP contribution < -0.4 is 5.73 Å². The Labute approximate surface area is 38.9 Å². The second-order valence-electron chi connectivity index (χ2n) is 1.38. The molecule has 37 valence electrons. The molecule has 0 atom stereocenters. The van der Waals surface area contributed by atoms with Crippen molar-refractivity contribution in [2.75, 3.05) is 20.6 Å². The average Bonchev–Trinajstić information content (AvgIpc) is 1.35. The molecular formula is C4H11N2. The van der Waals surface area contributed by atoms with Crippen molar-refractivity contribution in [3.8, 4) is 0 Å². The molecule has 6 heavy (non-hydrogen) atoms. The van der Waals surface area contributed by atoms with Crippen LogP contribution in [0.2, 0.25) is 0 Å². The van der Waals surface area contributed by atoms with Crippen LogP contribution >= 0.6 is 0 Å². The van der Waals surface area contributed by atoms with Crippen LogP contribution in [0.25, 0.3) is 0 Å². The number of likely N-dealkylation sites (N-methyl/N-ethyl adjacent to an activating group) is 1. The lowest BCUT2D eigenvalue weighted by molar-refractivity contribution is 0.493. The van der Waals surface area contributed by atoms with Gasteiger partial charge in [-0.1, -0.05) is 0 Å². The molecule has 0 fully saturated rings. The highest BCUT2D eigenvalue weighted by atomic mass is 15.1. The second-order valence-corrected chi connectivity index (χ2v) is 1.38.